The Balaban J connectivity index is 0.00000312. The Hall–Kier alpha value is -1.96. The summed E-state index contributed by atoms with van der Waals surface area (Å²) in [6.45, 7) is 2.79. The van der Waals surface area contributed by atoms with Crippen molar-refractivity contribution in [3.05, 3.63) is 54.1 Å². The number of guanidine groups is 1. The van der Waals surface area contributed by atoms with E-state index in [1.807, 2.05) is 36.4 Å². The maximum absolute atomic E-state index is 6.04. The van der Waals surface area contributed by atoms with Crippen molar-refractivity contribution in [1.82, 2.24) is 0 Å². The van der Waals surface area contributed by atoms with Gasteiger partial charge in [0.25, 0.3) is 0 Å². The Morgan fingerprint density at radius 3 is 2.44 bits per heavy atom. The molecule has 25 heavy (non-hydrogen) atoms. The zero-order valence-electron chi connectivity index (χ0n) is 14.9. The van der Waals surface area contributed by atoms with Crippen molar-refractivity contribution in [1.29, 1.82) is 0 Å². The highest BCUT2D eigenvalue weighted by Crippen LogP contribution is 2.28. The first kappa shape index (κ1) is 21.1. The third-order valence-corrected chi connectivity index (χ3v) is 3.92. The smallest absolute Gasteiger partial charge is 0.193 e. The molecule has 136 valence electrons. The Bertz CT molecular complexity index is 678. The maximum Gasteiger partial charge on any atom is 0.193 e. The molecule has 0 aliphatic carbocycles. The summed E-state index contributed by atoms with van der Waals surface area (Å²) in [6.07, 6.45) is 1.00. The molecule has 0 amide bonds. The number of methoxy groups -OCH3 is 2. The van der Waals surface area contributed by atoms with Gasteiger partial charge >= 0.3 is 0 Å². The number of ether oxygens (including phenoxy) is 2. The van der Waals surface area contributed by atoms with E-state index < -0.39 is 0 Å². The third-order valence-electron chi connectivity index (χ3n) is 3.92. The predicted molar refractivity (Wildman–Crippen MR) is 115 cm³/mol. The Morgan fingerprint density at radius 1 is 1.12 bits per heavy atom. The molecule has 0 aromatic heterocycles. The largest absolute Gasteiger partial charge is 0.497 e. The van der Waals surface area contributed by atoms with Gasteiger partial charge in [-0.3, -0.25) is 4.99 Å². The molecule has 3 N–H and O–H groups in total. The molecule has 0 saturated carbocycles. The van der Waals surface area contributed by atoms with E-state index in [9.17, 15) is 0 Å². The van der Waals surface area contributed by atoms with E-state index in [4.69, 9.17) is 15.2 Å². The minimum Gasteiger partial charge on any atom is -0.497 e. The summed E-state index contributed by atoms with van der Waals surface area (Å²) in [6, 6.07) is 15.8. The number of benzene rings is 2. The van der Waals surface area contributed by atoms with Gasteiger partial charge in [-0.2, -0.15) is 0 Å². The standard InChI is InChI=1S/C19H25N3O2.HI/c1-4-14(15-8-6-5-7-9-15)13-21-19(20)22-17-12-16(23-2)10-11-18(17)24-3;/h5-12,14H,4,13H2,1-3H3,(H3,20,21,22);1H. The highest BCUT2D eigenvalue weighted by atomic mass is 127. The van der Waals surface area contributed by atoms with E-state index in [0.717, 1.165) is 17.9 Å². The van der Waals surface area contributed by atoms with E-state index in [-0.39, 0.29) is 24.0 Å². The summed E-state index contributed by atoms with van der Waals surface area (Å²) >= 11 is 0. The topological polar surface area (TPSA) is 68.9 Å². The molecule has 6 heteroatoms. The number of hydrogen-bond acceptors (Lipinski definition) is 3. The van der Waals surface area contributed by atoms with Gasteiger partial charge in [-0.15, -0.1) is 24.0 Å². The van der Waals surface area contributed by atoms with E-state index >= 15 is 0 Å². The summed E-state index contributed by atoms with van der Waals surface area (Å²) in [5.74, 6) is 2.11. The average Bonchev–Trinajstić information content (AvgIpc) is 2.63. The van der Waals surface area contributed by atoms with Gasteiger partial charge in [-0.05, 0) is 24.1 Å². The summed E-state index contributed by atoms with van der Waals surface area (Å²) in [4.78, 5) is 4.48. The van der Waals surface area contributed by atoms with Crippen LogP contribution in [0.2, 0.25) is 0 Å². The van der Waals surface area contributed by atoms with Crippen molar-refractivity contribution in [2.75, 3.05) is 26.1 Å². The molecule has 0 heterocycles. The molecule has 2 rings (SSSR count). The van der Waals surface area contributed by atoms with Gasteiger partial charge in [0.15, 0.2) is 5.96 Å². The number of nitrogens with one attached hydrogen (secondary N) is 1. The van der Waals surface area contributed by atoms with Crippen LogP contribution in [0.3, 0.4) is 0 Å². The lowest BCUT2D eigenvalue weighted by Gasteiger charge is -2.15. The van der Waals surface area contributed by atoms with Gasteiger partial charge in [-0.25, -0.2) is 0 Å². The first-order valence-electron chi connectivity index (χ1n) is 8.01. The zero-order chi connectivity index (χ0) is 17.4. The van der Waals surface area contributed by atoms with E-state index in [1.165, 1.54) is 5.56 Å². The van der Waals surface area contributed by atoms with Crippen LogP contribution in [0.5, 0.6) is 11.5 Å². The highest BCUT2D eigenvalue weighted by Gasteiger charge is 2.09. The Morgan fingerprint density at radius 2 is 1.84 bits per heavy atom. The second-order valence-electron chi connectivity index (χ2n) is 5.43. The van der Waals surface area contributed by atoms with Gasteiger partial charge in [0, 0.05) is 18.5 Å². The molecule has 0 radical (unpaired) electrons. The van der Waals surface area contributed by atoms with Crippen LogP contribution >= 0.6 is 24.0 Å². The molecule has 2 aromatic rings. The summed E-state index contributed by atoms with van der Waals surface area (Å²) < 4.78 is 10.6. The molecular formula is C19H26IN3O2. The Kier molecular flexibility index (Phi) is 9.12. The number of nitrogens with zero attached hydrogens (tertiary/aromatic N) is 1. The molecule has 0 bridgehead atoms. The van der Waals surface area contributed by atoms with Crippen LogP contribution in [0.15, 0.2) is 53.5 Å². The fraction of sp³-hybridized carbons (Fsp3) is 0.316. The van der Waals surface area contributed by atoms with Crippen molar-refractivity contribution >= 4 is 35.6 Å². The van der Waals surface area contributed by atoms with Crippen molar-refractivity contribution in [3.8, 4) is 11.5 Å². The van der Waals surface area contributed by atoms with Gasteiger partial charge < -0.3 is 20.5 Å². The van der Waals surface area contributed by atoms with Gasteiger partial charge in [0.1, 0.15) is 11.5 Å². The number of anilines is 1. The molecule has 2 aromatic carbocycles. The van der Waals surface area contributed by atoms with Crippen LogP contribution in [-0.4, -0.2) is 26.7 Å². The van der Waals surface area contributed by atoms with E-state index in [0.29, 0.717) is 24.2 Å². The second kappa shape index (κ2) is 10.8. The van der Waals surface area contributed by atoms with E-state index in [2.05, 4.69) is 29.4 Å². The van der Waals surface area contributed by atoms with Gasteiger partial charge in [0.05, 0.1) is 19.9 Å². The predicted octanol–water partition coefficient (Wildman–Crippen LogP) is 4.24. The number of rotatable bonds is 7. The fourth-order valence-corrected chi connectivity index (χ4v) is 2.49. The van der Waals surface area contributed by atoms with Crippen molar-refractivity contribution in [2.45, 2.75) is 19.3 Å². The normalized spacial score (nSPS) is 12.0. The van der Waals surface area contributed by atoms with Crippen molar-refractivity contribution in [3.63, 3.8) is 0 Å². The van der Waals surface area contributed by atoms with Crippen LogP contribution in [0.25, 0.3) is 0 Å². The van der Waals surface area contributed by atoms with Crippen molar-refractivity contribution < 1.29 is 9.47 Å². The lowest BCUT2D eigenvalue weighted by Crippen LogP contribution is -2.24. The van der Waals surface area contributed by atoms with Gasteiger partial charge in [0.2, 0.25) is 0 Å². The summed E-state index contributed by atoms with van der Waals surface area (Å²) in [5, 5.41) is 3.09. The minimum atomic E-state index is 0. The number of halogens is 1. The van der Waals surface area contributed by atoms with Gasteiger partial charge in [-0.1, -0.05) is 37.3 Å². The lowest BCUT2D eigenvalue weighted by atomic mass is 9.97. The maximum atomic E-state index is 6.04. The highest BCUT2D eigenvalue weighted by molar-refractivity contribution is 14.0. The summed E-state index contributed by atoms with van der Waals surface area (Å²) in [7, 11) is 3.23. The minimum absolute atomic E-state index is 0. The monoisotopic (exact) mass is 455 g/mol. The molecule has 0 aliphatic heterocycles. The van der Waals surface area contributed by atoms with Crippen LogP contribution in [0, 0.1) is 0 Å². The van der Waals surface area contributed by atoms with Crippen LogP contribution in [-0.2, 0) is 0 Å². The van der Waals surface area contributed by atoms with Crippen LogP contribution in [0.1, 0.15) is 24.8 Å². The molecule has 0 spiro atoms. The van der Waals surface area contributed by atoms with Crippen molar-refractivity contribution in [2.24, 2.45) is 10.7 Å². The first-order valence-corrected chi connectivity index (χ1v) is 8.01. The Labute approximate surface area is 166 Å². The number of nitrogens with two attached hydrogens (primary N) is 1. The molecule has 0 saturated heterocycles. The van der Waals surface area contributed by atoms with Crippen LogP contribution < -0.4 is 20.5 Å². The lowest BCUT2D eigenvalue weighted by molar-refractivity contribution is 0.405. The fourth-order valence-electron chi connectivity index (χ4n) is 2.49. The zero-order valence-corrected chi connectivity index (χ0v) is 17.2. The first-order chi connectivity index (χ1) is 11.7. The third kappa shape index (κ3) is 6.12. The SMILES string of the molecule is CCC(CN=C(N)Nc1cc(OC)ccc1OC)c1ccccc1.I. The van der Waals surface area contributed by atoms with Crippen LogP contribution in [0.4, 0.5) is 5.69 Å². The molecule has 1 unspecified atom stereocenters. The average molecular weight is 455 g/mol. The number of hydrogen-bond donors (Lipinski definition) is 2. The quantitative estimate of drug-likeness (QED) is 0.372. The molecule has 0 aliphatic rings. The molecule has 0 fully saturated rings. The van der Waals surface area contributed by atoms with E-state index in [1.54, 1.807) is 14.2 Å². The molecular weight excluding hydrogens is 429 g/mol. The number of aliphatic imine (C=N–C) groups is 1. The molecule has 5 nitrogen and oxygen atoms in total. The molecule has 1 atom stereocenters. The second-order valence-corrected chi connectivity index (χ2v) is 5.43. The summed E-state index contributed by atoms with van der Waals surface area (Å²) in [5.41, 5.74) is 8.05.